The third-order valence-corrected chi connectivity index (χ3v) is 3.51. The molecule has 1 atom stereocenters. The van der Waals surface area contributed by atoms with Gasteiger partial charge in [-0.25, -0.2) is 4.98 Å². The van der Waals surface area contributed by atoms with Gasteiger partial charge >= 0.3 is 0 Å². The van der Waals surface area contributed by atoms with E-state index in [0.717, 1.165) is 0 Å². The van der Waals surface area contributed by atoms with E-state index in [2.05, 4.69) is 10.3 Å². The summed E-state index contributed by atoms with van der Waals surface area (Å²) in [7, 11) is 0. The van der Waals surface area contributed by atoms with Crippen LogP contribution < -0.4 is 10.9 Å². The first kappa shape index (κ1) is 15.9. The number of piperidine rings is 1. The highest BCUT2D eigenvalue weighted by Gasteiger charge is 2.30. The molecule has 6 heteroatoms. The molecule has 0 radical (unpaired) electrons. The van der Waals surface area contributed by atoms with Crippen LogP contribution in [-0.4, -0.2) is 21.4 Å². The Hall–Kier alpha value is -2.50. The Kier molecular flexibility index (Phi) is 4.70. The van der Waals surface area contributed by atoms with E-state index in [1.807, 2.05) is 19.9 Å². The van der Waals surface area contributed by atoms with Crippen LogP contribution in [0.5, 0.6) is 0 Å². The number of fused-ring (bicyclic) bond motifs is 1. The normalized spacial score (nSPS) is 17.7. The van der Waals surface area contributed by atoms with Gasteiger partial charge in [0.2, 0.25) is 11.8 Å². The van der Waals surface area contributed by atoms with Crippen LogP contribution in [0.3, 0.4) is 0 Å². The number of hydrogen-bond donors (Lipinski definition) is 1. The summed E-state index contributed by atoms with van der Waals surface area (Å²) >= 11 is 0. The second-order valence-corrected chi connectivity index (χ2v) is 4.82. The molecule has 1 fully saturated rings. The Bertz CT molecular complexity index is 786. The first-order valence-corrected chi connectivity index (χ1v) is 7.39. The Morgan fingerprint density at radius 2 is 1.91 bits per heavy atom. The van der Waals surface area contributed by atoms with Gasteiger partial charge in [0.05, 0.1) is 10.9 Å². The van der Waals surface area contributed by atoms with Crippen LogP contribution in [0.25, 0.3) is 10.9 Å². The maximum absolute atomic E-state index is 12.5. The lowest BCUT2D eigenvalue weighted by molar-refractivity contribution is -0.135. The molecule has 2 aromatic rings. The molecular formula is C16H21N3O3. The molecule has 1 N–H and O–H groups in total. The van der Waals surface area contributed by atoms with E-state index in [-0.39, 0.29) is 19.3 Å². The summed E-state index contributed by atoms with van der Waals surface area (Å²) in [6, 6.07) is 6.35. The van der Waals surface area contributed by atoms with E-state index in [9.17, 15) is 14.4 Å². The molecule has 0 bridgehead atoms. The van der Waals surface area contributed by atoms with Gasteiger partial charge in [0.15, 0.2) is 0 Å². The SMILES string of the molecule is CC.Cc1nc2ccccc2c(=O)n1C1CCC(=O)NC1=O.[HH]. The van der Waals surface area contributed by atoms with Crippen LogP contribution in [0.1, 0.15) is 40.0 Å². The number of aromatic nitrogens is 2. The van der Waals surface area contributed by atoms with Crippen LogP contribution in [0.15, 0.2) is 29.1 Å². The first-order valence-electron chi connectivity index (χ1n) is 7.39. The van der Waals surface area contributed by atoms with Crippen molar-refractivity contribution in [2.45, 2.75) is 39.7 Å². The Labute approximate surface area is 129 Å². The number of aryl methyl sites for hydroxylation is 1. The molecular weight excluding hydrogens is 282 g/mol. The number of rotatable bonds is 1. The fourth-order valence-corrected chi connectivity index (χ4v) is 2.55. The molecule has 6 nitrogen and oxygen atoms in total. The minimum atomic E-state index is -0.669. The largest absolute Gasteiger partial charge is 0.295 e. The van der Waals surface area contributed by atoms with E-state index in [1.54, 1.807) is 25.1 Å². The number of benzene rings is 1. The lowest BCUT2D eigenvalue weighted by Gasteiger charge is -2.24. The summed E-state index contributed by atoms with van der Waals surface area (Å²) in [6.45, 7) is 5.69. The molecule has 1 aromatic carbocycles. The van der Waals surface area contributed by atoms with Crippen molar-refractivity contribution >= 4 is 22.7 Å². The van der Waals surface area contributed by atoms with Gasteiger partial charge in [-0.3, -0.25) is 24.3 Å². The van der Waals surface area contributed by atoms with Gasteiger partial charge in [-0.1, -0.05) is 26.0 Å². The zero-order valence-electron chi connectivity index (χ0n) is 12.9. The van der Waals surface area contributed by atoms with E-state index < -0.39 is 11.9 Å². The number of nitrogens with one attached hydrogen (secondary N) is 1. The second-order valence-electron chi connectivity index (χ2n) is 4.82. The van der Waals surface area contributed by atoms with Gasteiger partial charge in [0.1, 0.15) is 11.9 Å². The van der Waals surface area contributed by atoms with Crippen molar-refractivity contribution in [3.05, 3.63) is 40.4 Å². The Balaban J connectivity index is 0.000000849. The van der Waals surface area contributed by atoms with E-state index in [4.69, 9.17) is 0 Å². The number of nitrogens with zero attached hydrogens (tertiary/aromatic N) is 2. The standard InChI is InChI=1S/C14H13N3O3.C2H6.H2/c1-8-15-10-5-3-2-4-9(10)14(20)17(8)11-6-7-12(18)16-13(11)19;1-2;/h2-5,11H,6-7H2,1H3,(H,16,18,19);1-2H3;1H. The maximum Gasteiger partial charge on any atom is 0.262 e. The summed E-state index contributed by atoms with van der Waals surface area (Å²) in [5.41, 5.74) is 0.362. The summed E-state index contributed by atoms with van der Waals surface area (Å²) in [5.74, 6) is -0.266. The number of imide groups is 1. The minimum Gasteiger partial charge on any atom is -0.295 e. The average Bonchev–Trinajstić information content (AvgIpc) is 2.51. The fourth-order valence-electron chi connectivity index (χ4n) is 2.55. The third-order valence-electron chi connectivity index (χ3n) is 3.51. The molecule has 0 aliphatic carbocycles. The molecule has 1 aliphatic rings. The van der Waals surface area contributed by atoms with Crippen molar-refractivity contribution in [3.63, 3.8) is 0 Å². The quantitative estimate of drug-likeness (QED) is 0.816. The van der Waals surface area contributed by atoms with Gasteiger partial charge < -0.3 is 0 Å². The minimum absolute atomic E-state index is 0. The number of hydrogen-bond acceptors (Lipinski definition) is 4. The topological polar surface area (TPSA) is 81.1 Å². The van der Waals surface area contributed by atoms with Crippen LogP contribution in [0.2, 0.25) is 0 Å². The number of carbonyl (C=O) groups is 2. The molecule has 3 rings (SSSR count). The maximum atomic E-state index is 12.5. The molecule has 0 saturated carbocycles. The fraction of sp³-hybridized carbons (Fsp3) is 0.375. The van der Waals surface area contributed by atoms with Crippen LogP contribution >= 0.6 is 0 Å². The van der Waals surface area contributed by atoms with Crippen molar-refractivity contribution < 1.29 is 11.0 Å². The summed E-state index contributed by atoms with van der Waals surface area (Å²) in [5, 5.41) is 2.74. The van der Waals surface area contributed by atoms with Crippen LogP contribution in [0.4, 0.5) is 0 Å². The van der Waals surface area contributed by atoms with Gasteiger partial charge in [-0.2, -0.15) is 0 Å². The van der Waals surface area contributed by atoms with Gasteiger partial charge in [-0.05, 0) is 25.5 Å². The summed E-state index contributed by atoms with van der Waals surface area (Å²) in [6.07, 6.45) is 0.556. The number of amides is 2. The molecule has 1 saturated heterocycles. The van der Waals surface area contributed by atoms with Crippen molar-refractivity contribution in [2.24, 2.45) is 0 Å². The molecule has 22 heavy (non-hydrogen) atoms. The molecule has 1 aromatic heterocycles. The van der Waals surface area contributed by atoms with Crippen molar-refractivity contribution in [3.8, 4) is 0 Å². The number of carbonyl (C=O) groups excluding carboxylic acids is 2. The second kappa shape index (κ2) is 6.51. The lowest BCUT2D eigenvalue weighted by Crippen LogP contribution is -2.45. The molecule has 0 spiro atoms. The van der Waals surface area contributed by atoms with Crippen molar-refractivity contribution in [1.82, 2.24) is 14.9 Å². The first-order chi connectivity index (χ1) is 10.6. The average molecular weight is 303 g/mol. The molecule has 2 heterocycles. The zero-order chi connectivity index (χ0) is 16.3. The van der Waals surface area contributed by atoms with E-state index in [1.165, 1.54) is 4.57 Å². The Morgan fingerprint density at radius 3 is 2.59 bits per heavy atom. The molecule has 1 unspecified atom stereocenters. The van der Waals surface area contributed by atoms with Gasteiger partial charge in [0.25, 0.3) is 5.56 Å². The predicted molar refractivity (Wildman–Crippen MR) is 85.6 cm³/mol. The zero-order valence-corrected chi connectivity index (χ0v) is 12.9. The highest BCUT2D eigenvalue weighted by molar-refractivity contribution is 5.99. The van der Waals surface area contributed by atoms with Gasteiger partial charge in [0, 0.05) is 7.85 Å². The smallest absolute Gasteiger partial charge is 0.262 e. The third kappa shape index (κ3) is 2.77. The van der Waals surface area contributed by atoms with Crippen LogP contribution in [0, 0.1) is 6.92 Å². The summed E-state index contributed by atoms with van der Waals surface area (Å²) < 4.78 is 1.38. The van der Waals surface area contributed by atoms with Gasteiger partial charge in [-0.15, -0.1) is 0 Å². The van der Waals surface area contributed by atoms with Crippen LogP contribution in [-0.2, 0) is 9.59 Å². The van der Waals surface area contributed by atoms with E-state index in [0.29, 0.717) is 23.1 Å². The highest BCUT2D eigenvalue weighted by atomic mass is 16.2. The Morgan fingerprint density at radius 1 is 1.23 bits per heavy atom. The number of para-hydroxylation sites is 1. The lowest BCUT2D eigenvalue weighted by atomic mass is 10.1. The molecule has 1 aliphatic heterocycles. The predicted octanol–water partition coefficient (Wildman–Crippen LogP) is 1.95. The summed E-state index contributed by atoms with van der Waals surface area (Å²) in [4.78, 5) is 40.0. The van der Waals surface area contributed by atoms with E-state index >= 15 is 0 Å². The monoisotopic (exact) mass is 303 g/mol. The molecule has 118 valence electrons. The van der Waals surface area contributed by atoms with Crippen molar-refractivity contribution in [1.29, 1.82) is 0 Å². The highest BCUT2D eigenvalue weighted by Crippen LogP contribution is 2.19. The molecule has 2 amide bonds. The van der Waals surface area contributed by atoms with Crippen molar-refractivity contribution in [2.75, 3.05) is 0 Å².